The van der Waals surface area contributed by atoms with Gasteiger partial charge < -0.3 is 20.3 Å². The summed E-state index contributed by atoms with van der Waals surface area (Å²) >= 11 is 0. The van der Waals surface area contributed by atoms with Crippen molar-refractivity contribution < 1.29 is 4.74 Å². The van der Waals surface area contributed by atoms with Crippen LogP contribution in [-0.4, -0.2) is 64.3 Å². The number of methoxy groups -OCH3 is 1. The van der Waals surface area contributed by atoms with E-state index in [1.165, 1.54) is 58.2 Å². The molecule has 0 bridgehead atoms. The molecule has 26 heavy (non-hydrogen) atoms. The summed E-state index contributed by atoms with van der Waals surface area (Å²) in [7, 11) is 3.67. The third-order valence-electron chi connectivity index (χ3n) is 6.24. The molecule has 0 aromatic rings. The SMILES string of the molecule is CN=C(NCCCCN1CC(C)CC(C)C1)NCC1(CCOC)CCC1. The lowest BCUT2D eigenvalue weighted by Crippen LogP contribution is -2.47. The van der Waals surface area contributed by atoms with Crippen molar-refractivity contribution in [1.82, 2.24) is 15.5 Å². The van der Waals surface area contributed by atoms with Gasteiger partial charge in [0.1, 0.15) is 0 Å². The Labute approximate surface area is 161 Å². The molecule has 1 aliphatic heterocycles. The third kappa shape index (κ3) is 7.07. The Kier molecular flexibility index (Phi) is 9.20. The van der Waals surface area contributed by atoms with Gasteiger partial charge in [-0.3, -0.25) is 4.99 Å². The van der Waals surface area contributed by atoms with Crippen LogP contribution >= 0.6 is 0 Å². The molecule has 5 nitrogen and oxygen atoms in total. The minimum absolute atomic E-state index is 0.426. The number of guanidine groups is 1. The lowest BCUT2D eigenvalue weighted by Gasteiger charge is -2.42. The second-order valence-corrected chi connectivity index (χ2v) is 8.86. The smallest absolute Gasteiger partial charge is 0.190 e. The van der Waals surface area contributed by atoms with Gasteiger partial charge in [-0.15, -0.1) is 0 Å². The van der Waals surface area contributed by atoms with Gasteiger partial charge in [-0.2, -0.15) is 0 Å². The molecule has 1 aliphatic carbocycles. The quantitative estimate of drug-likeness (QED) is 0.354. The predicted octanol–water partition coefficient (Wildman–Crippen LogP) is 3.12. The fourth-order valence-electron chi connectivity index (χ4n) is 4.64. The van der Waals surface area contributed by atoms with Crippen LogP contribution in [0.25, 0.3) is 0 Å². The minimum atomic E-state index is 0.426. The molecule has 0 aromatic heterocycles. The van der Waals surface area contributed by atoms with E-state index >= 15 is 0 Å². The first-order valence-electron chi connectivity index (χ1n) is 10.7. The van der Waals surface area contributed by atoms with E-state index in [1.807, 2.05) is 7.05 Å². The Morgan fingerprint density at radius 3 is 2.46 bits per heavy atom. The number of hydrogen-bond acceptors (Lipinski definition) is 3. The largest absolute Gasteiger partial charge is 0.385 e. The van der Waals surface area contributed by atoms with E-state index in [9.17, 15) is 0 Å². The van der Waals surface area contributed by atoms with Crippen LogP contribution in [0.4, 0.5) is 0 Å². The minimum Gasteiger partial charge on any atom is -0.385 e. The van der Waals surface area contributed by atoms with Gasteiger partial charge in [0.15, 0.2) is 5.96 Å². The van der Waals surface area contributed by atoms with Crippen molar-refractivity contribution in [3.63, 3.8) is 0 Å². The van der Waals surface area contributed by atoms with Gasteiger partial charge in [0.2, 0.25) is 0 Å². The number of unbranched alkanes of at least 4 members (excludes halogenated alkanes) is 1. The standard InChI is InChI=1S/C21H42N4O/c1-18-14-19(2)16-25(15-18)12-6-5-11-23-20(22-3)24-17-21(8-7-9-21)10-13-26-4/h18-19H,5-17H2,1-4H3,(H2,22,23,24). The number of nitrogens with zero attached hydrogens (tertiary/aromatic N) is 2. The molecular weight excluding hydrogens is 324 g/mol. The van der Waals surface area contributed by atoms with Gasteiger partial charge in [-0.05, 0) is 62.3 Å². The molecule has 1 heterocycles. The van der Waals surface area contributed by atoms with Crippen LogP contribution in [0.5, 0.6) is 0 Å². The highest BCUT2D eigenvalue weighted by Gasteiger charge is 2.36. The van der Waals surface area contributed by atoms with Gasteiger partial charge in [-0.1, -0.05) is 20.3 Å². The van der Waals surface area contributed by atoms with Crippen molar-refractivity contribution in [3.8, 4) is 0 Å². The van der Waals surface area contributed by atoms with E-state index in [0.29, 0.717) is 5.41 Å². The van der Waals surface area contributed by atoms with Gasteiger partial charge in [0.05, 0.1) is 0 Å². The fraction of sp³-hybridized carbons (Fsp3) is 0.952. The van der Waals surface area contributed by atoms with E-state index < -0.39 is 0 Å². The van der Waals surface area contributed by atoms with Gasteiger partial charge in [-0.25, -0.2) is 0 Å². The third-order valence-corrected chi connectivity index (χ3v) is 6.24. The van der Waals surface area contributed by atoms with Crippen LogP contribution in [0.3, 0.4) is 0 Å². The molecule has 2 aliphatic rings. The Bertz CT molecular complexity index is 412. The molecule has 0 spiro atoms. The molecule has 2 N–H and O–H groups in total. The van der Waals surface area contributed by atoms with Gasteiger partial charge >= 0.3 is 0 Å². The van der Waals surface area contributed by atoms with Crippen LogP contribution in [0, 0.1) is 17.3 Å². The molecule has 2 fully saturated rings. The van der Waals surface area contributed by atoms with Crippen LogP contribution in [-0.2, 0) is 4.74 Å². The van der Waals surface area contributed by atoms with E-state index in [0.717, 1.165) is 43.9 Å². The van der Waals surface area contributed by atoms with E-state index in [2.05, 4.69) is 34.4 Å². The first-order chi connectivity index (χ1) is 12.6. The maximum absolute atomic E-state index is 5.28. The molecule has 2 rings (SSSR count). The first-order valence-corrected chi connectivity index (χ1v) is 10.7. The average Bonchev–Trinajstić information content (AvgIpc) is 2.57. The summed E-state index contributed by atoms with van der Waals surface area (Å²) < 4.78 is 5.28. The predicted molar refractivity (Wildman–Crippen MR) is 111 cm³/mol. The summed E-state index contributed by atoms with van der Waals surface area (Å²) in [5.74, 6) is 2.67. The van der Waals surface area contributed by atoms with Crippen molar-refractivity contribution in [2.75, 3.05) is 53.5 Å². The zero-order valence-electron chi connectivity index (χ0n) is 17.6. The van der Waals surface area contributed by atoms with E-state index in [1.54, 1.807) is 7.11 Å². The highest BCUT2D eigenvalue weighted by molar-refractivity contribution is 5.79. The number of rotatable bonds is 10. The number of nitrogens with one attached hydrogen (secondary N) is 2. The summed E-state index contributed by atoms with van der Waals surface area (Å²) in [6.07, 6.45) is 8.99. The zero-order chi connectivity index (χ0) is 18.8. The Morgan fingerprint density at radius 2 is 1.88 bits per heavy atom. The second-order valence-electron chi connectivity index (χ2n) is 8.86. The molecular formula is C21H42N4O. The number of piperidine rings is 1. The molecule has 5 heteroatoms. The number of ether oxygens (including phenoxy) is 1. The molecule has 1 saturated heterocycles. The highest BCUT2D eigenvalue weighted by atomic mass is 16.5. The van der Waals surface area contributed by atoms with Crippen molar-refractivity contribution in [2.24, 2.45) is 22.2 Å². The maximum Gasteiger partial charge on any atom is 0.190 e. The second kappa shape index (κ2) is 11.1. The normalized spacial score (nSPS) is 26.4. The summed E-state index contributed by atoms with van der Waals surface area (Å²) in [6.45, 7) is 11.5. The number of aliphatic imine (C=N–C) groups is 1. The monoisotopic (exact) mass is 366 g/mol. The molecule has 152 valence electrons. The lowest BCUT2D eigenvalue weighted by atomic mass is 9.67. The molecule has 2 atom stereocenters. The van der Waals surface area contributed by atoms with Crippen LogP contribution in [0.15, 0.2) is 4.99 Å². The molecule has 0 amide bonds. The summed E-state index contributed by atoms with van der Waals surface area (Å²) in [5.41, 5.74) is 0.426. The van der Waals surface area contributed by atoms with Gasteiger partial charge in [0.25, 0.3) is 0 Å². The van der Waals surface area contributed by atoms with Crippen molar-refractivity contribution in [1.29, 1.82) is 0 Å². The number of likely N-dealkylation sites (tertiary alicyclic amines) is 1. The van der Waals surface area contributed by atoms with Crippen molar-refractivity contribution in [3.05, 3.63) is 0 Å². The van der Waals surface area contributed by atoms with Crippen LogP contribution in [0.1, 0.15) is 58.8 Å². The Balaban J connectivity index is 1.57. The fourth-order valence-corrected chi connectivity index (χ4v) is 4.64. The average molecular weight is 367 g/mol. The van der Waals surface area contributed by atoms with Gasteiger partial charge in [0, 0.05) is 46.9 Å². The van der Waals surface area contributed by atoms with Crippen LogP contribution < -0.4 is 10.6 Å². The molecule has 2 unspecified atom stereocenters. The lowest BCUT2D eigenvalue weighted by molar-refractivity contribution is 0.0732. The molecule has 0 aromatic carbocycles. The zero-order valence-corrected chi connectivity index (χ0v) is 17.6. The number of hydrogen-bond donors (Lipinski definition) is 2. The summed E-state index contributed by atoms with van der Waals surface area (Å²) in [6, 6.07) is 0. The summed E-state index contributed by atoms with van der Waals surface area (Å²) in [5, 5.41) is 7.04. The van der Waals surface area contributed by atoms with Crippen molar-refractivity contribution in [2.45, 2.75) is 58.8 Å². The Morgan fingerprint density at radius 1 is 1.15 bits per heavy atom. The van der Waals surface area contributed by atoms with Crippen LogP contribution in [0.2, 0.25) is 0 Å². The molecule has 0 radical (unpaired) electrons. The molecule has 1 saturated carbocycles. The maximum atomic E-state index is 5.28. The Hall–Kier alpha value is -0.810. The van der Waals surface area contributed by atoms with Crippen molar-refractivity contribution >= 4 is 5.96 Å². The van der Waals surface area contributed by atoms with E-state index in [-0.39, 0.29) is 0 Å². The highest BCUT2D eigenvalue weighted by Crippen LogP contribution is 2.43. The summed E-state index contributed by atoms with van der Waals surface area (Å²) in [4.78, 5) is 7.04. The first kappa shape index (κ1) is 21.5. The van der Waals surface area contributed by atoms with E-state index in [4.69, 9.17) is 4.74 Å². The topological polar surface area (TPSA) is 48.9 Å².